The minimum absolute atomic E-state index is 0.994. The van der Waals surface area contributed by atoms with Gasteiger partial charge in [-0.2, -0.15) is 0 Å². The number of aryl methyl sites for hydroxylation is 12. The number of fused-ring (bicyclic) bond motifs is 12. The van der Waals surface area contributed by atoms with Crippen molar-refractivity contribution in [3.05, 3.63) is 252 Å². The summed E-state index contributed by atoms with van der Waals surface area (Å²) in [4.78, 5) is 22.7. The van der Waals surface area contributed by atoms with Crippen LogP contribution < -0.4 is 0 Å². The van der Waals surface area contributed by atoms with Gasteiger partial charge in [0.05, 0.1) is 39.1 Å². The number of nitrogens with zero attached hydrogens (tertiary/aromatic N) is 8. The van der Waals surface area contributed by atoms with Crippen LogP contribution in [-0.4, -0.2) is 38.6 Å². The summed E-state index contributed by atoms with van der Waals surface area (Å²) in [6.45, 7) is 56.2. The SMILES string of the molecule is CC.CC.CC.CC.CC.CC.Cc1cccc2cc(C)n(C)c12.Cc1ccnc2cc(C)n(C)c12.Cc1cncc2cc(C)n(C)c12.Cc1nc2c(c(C)c1C)-c1ccccc1C2.Cc1nc2c(c(C)c1C)-c1ccccc1C2.Cc1nc2c(c(C)c1C)Cc1ccccc1-2. The highest BCUT2D eigenvalue weighted by molar-refractivity contribution is 5.85. The highest BCUT2D eigenvalue weighted by Gasteiger charge is 2.25. The lowest BCUT2D eigenvalue weighted by Crippen LogP contribution is -1.97. The molecule has 0 unspecified atom stereocenters. The third-order valence-corrected chi connectivity index (χ3v) is 18.4. The first-order valence-electron chi connectivity index (χ1n) is 35.6. The smallest absolute Gasteiger partial charge is 0.0886 e. The summed E-state index contributed by atoms with van der Waals surface area (Å²) in [7, 11) is 6.28. The molecular weight excluding hydrogens is 1170 g/mol. The summed E-state index contributed by atoms with van der Waals surface area (Å²) in [5.74, 6) is 0. The first-order valence-corrected chi connectivity index (χ1v) is 35.6. The van der Waals surface area contributed by atoms with Crippen LogP contribution in [0, 0.1) is 104 Å². The predicted octanol–water partition coefficient (Wildman–Crippen LogP) is 24.1. The molecule has 12 aromatic rings. The Labute approximate surface area is 580 Å². The van der Waals surface area contributed by atoms with Crippen molar-refractivity contribution in [3.8, 4) is 33.5 Å². The lowest BCUT2D eigenvalue weighted by atomic mass is 9.98. The molecule has 0 atom stereocenters. The van der Waals surface area contributed by atoms with E-state index in [2.05, 4.69) is 258 Å². The Balaban J connectivity index is 0.000000238. The van der Waals surface area contributed by atoms with Crippen molar-refractivity contribution in [1.82, 2.24) is 38.6 Å². The number of pyridine rings is 5. The molecule has 510 valence electrons. The van der Waals surface area contributed by atoms with Crippen molar-refractivity contribution in [2.24, 2.45) is 21.1 Å². The third-order valence-electron chi connectivity index (χ3n) is 18.4. The molecule has 0 saturated carbocycles. The molecule has 8 aromatic heterocycles. The van der Waals surface area contributed by atoms with E-state index in [9.17, 15) is 0 Å². The second-order valence-corrected chi connectivity index (χ2v) is 23.6. The quantitative estimate of drug-likeness (QED) is 0.151. The lowest BCUT2D eigenvalue weighted by Gasteiger charge is -2.10. The molecule has 0 amide bonds. The van der Waals surface area contributed by atoms with E-state index < -0.39 is 0 Å². The maximum atomic E-state index is 4.76. The fraction of sp³-hybridized carbons (Fsp3) is 0.375. The van der Waals surface area contributed by atoms with Crippen LogP contribution in [0.4, 0.5) is 0 Å². The first-order chi connectivity index (χ1) is 46.1. The fourth-order valence-electron chi connectivity index (χ4n) is 12.7. The van der Waals surface area contributed by atoms with Gasteiger partial charge < -0.3 is 13.7 Å². The monoisotopic (exact) mass is 1290 g/mol. The summed E-state index contributed by atoms with van der Waals surface area (Å²) in [5.41, 5.74) is 40.6. The molecule has 0 bridgehead atoms. The average Bonchev–Trinajstić information content (AvgIpc) is 1.61. The van der Waals surface area contributed by atoms with Gasteiger partial charge in [0, 0.05) is 121 Å². The van der Waals surface area contributed by atoms with Crippen LogP contribution in [0.3, 0.4) is 0 Å². The van der Waals surface area contributed by atoms with Crippen LogP contribution in [0.25, 0.3) is 66.4 Å². The molecule has 96 heavy (non-hydrogen) atoms. The van der Waals surface area contributed by atoms with Crippen LogP contribution in [0.15, 0.2) is 134 Å². The average molecular weight is 1290 g/mol. The molecule has 0 aliphatic heterocycles. The Kier molecular flexibility index (Phi) is 31.1. The van der Waals surface area contributed by atoms with Gasteiger partial charge in [0.15, 0.2) is 0 Å². The Morgan fingerprint density at radius 3 is 1.20 bits per heavy atom. The van der Waals surface area contributed by atoms with Crippen LogP contribution >= 0.6 is 0 Å². The van der Waals surface area contributed by atoms with Gasteiger partial charge in [0.2, 0.25) is 0 Å². The van der Waals surface area contributed by atoms with Crippen molar-refractivity contribution in [2.75, 3.05) is 0 Å². The van der Waals surface area contributed by atoms with Crippen LogP contribution in [0.2, 0.25) is 0 Å². The highest BCUT2D eigenvalue weighted by Crippen LogP contribution is 2.41. The largest absolute Gasteiger partial charge is 0.348 e. The number of rotatable bonds is 0. The molecule has 0 saturated heterocycles. The minimum atomic E-state index is 0.994. The number of hydrogen-bond acceptors (Lipinski definition) is 5. The zero-order valence-corrected chi connectivity index (χ0v) is 64.9. The Bertz CT molecular complexity index is 4200. The van der Waals surface area contributed by atoms with E-state index in [-0.39, 0.29) is 0 Å². The maximum absolute atomic E-state index is 4.76. The van der Waals surface area contributed by atoms with E-state index in [0.717, 1.165) is 30.5 Å². The van der Waals surface area contributed by atoms with Gasteiger partial charge in [-0.15, -0.1) is 0 Å². The lowest BCUT2D eigenvalue weighted by molar-refractivity contribution is 0.913. The van der Waals surface area contributed by atoms with Crippen molar-refractivity contribution in [1.29, 1.82) is 0 Å². The summed E-state index contributed by atoms with van der Waals surface area (Å²) in [6.07, 6.45) is 8.71. The molecular formula is C88H118N8. The van der Waals surface area contributed by atoms with Crippen molar-refractivity contribution >= 4 is 32.8 Å². The van der Waals surface area contributed by atoms with Crippen molar-refractivity contribution in [2.45, 2.75) is 206 Å². The Morgan fingerprint density at radius 2 is 0.729 bits per heavy atom. The molecule has 0 radical (unpaired) electrons. The Morgan fingerprint density at radius 1 is 0.333 bits per heavy atom. The number of hydrogen-bond donors (Lipinski definition) is 0. The molecule has 3 aliphatic rings. The van der Waals surface area contributed by atoms with Gasteiger partial charge in [-0.3, -0.25) is 24.9 Å². The maximum Gasteiger partial charge on any atom is 0.0886 e. The summed E-state index contributed by atoms with van der Waals surface area (Å²) < 4.78 is 6.62. The Hall–Kier alpha value is -8.75. The molecule has 8 heterocycles. The standard InChI is InChI=1S/3C15H15N.C11H13N.2C10H12N2.6C2H6/c2*1-9-10(2)15-13-7-5-4-6-12(13)8-14(15)16-11(9)3;1-9-10(2)14-8-12-6-4-5-7-13(12)15(14)16-11(9)3;1-8-5-4-6-10-7-9(2)12(3)11(8)10;1-7-5-11-6-9-4-8(2)12(3)10(7)9;1-7-4-5-11-9-6-8(2)12(3)10(7)9;6*1-2/h3*4-7H,8H2,1-3H3;4-7H,1-3H3;2*4-6H,1-3H3;6*1-2H3. The zero-order chi connectivity index (χ0) is 72.0. The third kappa shape index (κ3) is 17.4. The van der Waals surface area contributed by atoms with Crippen LogP contribution in [0.1, 0.15) is 201 Å². The minimum Gasteiger partial charge on any atom is -0.348 e. The summed E-state index contributed by atoms with van der Waals surface area (Å²) in [5, 5.41) is 2.57. The van der Waals surface area contributed by atoms with Crippen molar-refractivity contribution < 1.29 is 0 Å². The van der Waals surface area contributed by atoms with E-state index in [1.54, 1.807) is 0 Å². The van der Waals surface area contributed by atoms with Crippen LogP contribution in [0.5, 0.6) is 0 Å². The molecule has 3 aliphatic carbocycles. The second kappa shape index (κ2) is 37.5. The molecule has 8 heteroatoms. The zero-order valence-electron chi connectivity index (χ0n) is 64.9. The van der Waals surface area contributed by atoms with E-state index in [0.29, 0.717) is 0 Å². The summed E-state index contributed by atoms with van der Waals surface area (Å²) >= 11 is 0. The van der Waals surface area contributed by atoms with Gasteiger partial charge in [-0.05, 0) is 212 Å². The molecule has 0 N–H and O–H groups in total. The van der Waals surface area contributed by atoms with E-state index in [4.69, 9.17) is 15.0 Å². The topological polar surface area (TPSA) is 79.2 Å². The predicted molar refractivity (Wildman–Crippen MR) is 421 cm³/mol. The van der Waals surface area contributed by atoms with Gasteiger partial charge in [-0.25, -0.2) is 0 Å². The first kappa shape index (κ1) is 79.7. The summed E-state index contributed by atoms with van der Waals surface area (Å²) in [6, 6.07) is 40.9. The van der Waals surface area contributed by atoms with Gasteiger partial charge in [-0.1, -0.05) is 174 Å². The second-order valence-electron chi connectivity index (χ2n) is 23.6. The number of benzene rings is 4. The molecule has 0 spiro atoms. The van der Waals surface area contributed by atoms with E-state index >= 15 is 0 Å². The number of para-hydroxylation sites is 1. The normalized spacial score (nSPS) is 10.7. The molecule has 0 fully saturated rings. The van der Waals surface area contributed by atoms with E-state index in [1.807, 2.05) is 108 Å². The van der Waals surface area contributed by atoms with Crippen LogP contribution in [-0.2, 0) is 40.4 Å². The van der Waals surface area contributed by atoms with Crippen molar-refractivity contribution in [3.63, 3.8) is 0 Å². The molecule has 15 rings (SSSR count). The number of aromatic nitrogens is 8. The molecule has 8 nitrogen and oxygen atoms in total. The van der Waals surface area contributed by atoms with E-state index in [1.165, 1.54) is 173 Å². The van der Waals surface area contributed by atoms with Gasteiger partial charge in [0.1, 0.15) is 0 Å². The highest BCUT2D eigenvalue weighted by atomic mass is 15.0. The van der Waals surface area contributed by atoms with Gasteiger partial charge >= 0.3 is 0 Å². The fourth-order valence-corrected chi connectivity index (χ4v) is 12.7. The van der Waals surface area contributed by atoms with Gasteiger partial charge in [0.25, 0.3) is 0 Å². The molecule has 4 aromatic carbocycles.